The second kappa shape index (κ2) is 6.39. The van der Waals surface area contributed by atoms with Gasteiger partial charge in [-0.1, -0.05) is 11.8 Å². The summed E-state index contributed by atoms with van der Waals surface area (Å²) in [6.07, 6.45) is 9.98. The third-order valence-corrected chi connectivity index (χ3v) is 7.11. The van der Waals surface area contributed by atoms with Crippen molar-refractivity contribution in [3.8, 4) is 17.1 Å². The molecular formula is C21H23N5OS. The fraction of sp³-hybridized carbons (Fsp3) is 0.429. The summed E-state index contributed by atoms with van der Waals surface area (Å²) >= 11 is 1.77. The van der Waals surface area contributed by atoms with Crippen molar-refractivity contribution in [1.82, 2.24) is 25.5 Å². The molecule has 1 aromatic carbocycles. The van der Waals surface area contributed by atoms with Crippen LogP contribution >= 0.6 is 11.8 Å². The number of rotatable bonds is 3. The molecule has 2 fully saturated rings. The first-order valence-corrected chi connectivity index (χ1v) is 10.5. The number of pyridine rings is 1. The number of phenolic OH excluding ortho intramolecular Hbond substituents is 1. The predicted molar refractivity (Wildman–Crippen MR) is 110 cm³/mol. The number of nitrogens with zero attached hydrogens (tertiary/aromatic N) is 4. The number of hydrogen-bond donors (Lipinski definition) is 2. The average molecular weight is 394 g/mol. The Labute approximate surface area is 168 Å². The van der Waals surface area contributed by atoms with Gasteiger partial charge in [0.1, 0.15) is 10.8 Å². The molecule has 28 heavy (non-hydrogen) atoms. The maximum atomic E-state index is 10.4. The molecule has 2 N–H and O–H groups in total. The summed E-state index contributed by atoms with van der Waals surface area (Å²) < 4.78 is 0. The third-order valence-electron chi connectivity index (χ3n) is 6.01. The molecule has 2 saturated heterocycles. The highest BCUT2D eigenvalue weighted by Gasteiger charge is 2.48. The second-order valence-electron chi connectivity index (χ2n) is 8.61. The summed E-state index contributed by atoms with van der Waals surface area (Å²) in [5.74, 6) is 0.573. The van der Waals surface area contributed by atoms with Crippen molar-refractivity contribution in [2.24, 2.45) is 0 Å². The van der Waals surface area contributed by atoms with Gasteiger partial charge in [0.25, 0.3) is 0 Å². The molecule has 2 unspecified atom stereocenters. The zero-order valence-electron chi connectivity index (χ0n) is 16.0. The monoisotopic (exact) mass is 393 g/mol. The number of nitrogens with one attached hydrogen (secondary N) is 1. The van der Waals surface area contributed by atoms with Gasteiger partial charge in [-0.25, -0.2) is 4.98 Å². The van der Waals surface area contributed by atoms with Gasteiger partial charge in [-0.3, -0.25) is 4.98 Å². The Bertz CT molecular complexity index is 1020. The highest BCUT2D eigenvalue weighted by molar-refractivity contribution is 7.99. The number of hydrogen-bond acceptors (Lipinski definition) is 7. The molecule has 5 rings (SSSR count). The maximum Gasteiger partial charge on any atom is 0.185 e. The van der Waals surface area contributed by atoms with E-state index in [-0.39, 0.29) is 16.8 Å². The van der Waals surface area contributed by atoms with Crippen molar-refractivity contribution in [2.45, 2.75) is 60.9 Å². The molecule has 3 aromatic rings. The van der Waals surface area contributed by atoms with E-state index in [0.717, 1.165) is 28.6 Å². The quantitative estimate of drug-likeness (QED) is 0.697. The molecule has 0 saturated carbocycles. The van der Waals surface area contributed by atoms with Gasteiger partial charge in [0.05, 0.1) is 11.8 Å². The molecule has 2 bridgehead atoms. The number of benzene rings is 1. The number of piperidine rings is 1. The van der Waals surface area contributed by atoms with Crippen molar-refractivity contribution in [2.75, 3.05) is 0 Å². The van der Waals surface area contributed by atoms with Gasteiger partial charge in [0, 0.05) is 34.1 Å². The van der Waals surface area contributed by atoms with Crippen LogP contribution in [0.2, 0.25) is 0 Å². The molecule has 0 spiro atoms. The fourth-order valence-electron chi connectivity index (χ4n) is 4.79. The molecule has 0 amide bonds. The zero-order valence-corrected chi connectivity index (χ0v) is 16.8. The number of aromatic nitrogens is 4. The molecule has 4 heterocycles. The minimum absolute atomic E-state index is 0.137. The van der Waals surface area contributed by atoms with E-state index in [1.54, 1.807) is 36.4 Å². The normalized spacial score (nSPS) is 29.3. The summed E-state index contributed by atoms with van der Waals surface area (Å²) in [5.41, 5.74) is 1.05. The van der Waals surface area contributed by atoms with E-state index in [0.29, 0.717) is 16.6 Å². The molecule has 144 valence electrons. The van der Waals surface area contributed by atoms with Crippen molar-refractivity contribution < 1.29 is 5.11 Å². The molecular weight excluding hydrogens is 370 g/mol. The number of fused-ring (bicyclic) bond motifs is 3. The van der Waals surface area contributed by atoms with Crippen LogP contribution in [0.5, 0.6) is 5.75 Å². The molecule has 7 heteroatoms. The standard InChI is InChI=1S/C21H23N5OS/c1-20-4-5-21(2,26-20)10-15(9-20)28-18-12-23-19(25-24-18)16-7-13-3-6-22-11-14(13)8-17(16)27/h3,6-8,11-12,15,26-27H,4-5,9-10H2,1-2H3. The van der Waals surface area contributed by atoms with Crippen LogP contribution in [0.1, 0.15) is 39.5 Å². The highest BCUT2D eigenvalue weighted by atomic mass is 32.2. The molecule has 6 nitrogen and oxygen atoms in total. The van der Waals surface area contributed by atoms with E-state index in [4.69, 9.17) is 0 Å². The van der Waals surface area contributed by atoms with Crippen molar-refractivity contribution >= 4 is 22.5 Å². The summed E-state index contributed by atoms with van der Waals surface area (Å²) in [5, 5.41) is 26.1. The van der Waals surface area contributed by atoms with Crippen LogP contribution in [-0.2, 0) is 0 Å². The summed E-state index contributed by atoms with van der Waals surface area (Å²) in [6.45, 7) is 4.66. The van der Waals surface area contributed by atoms with E-state index >= 15 is 0 Å². The molecule has 2 aliphatic heterocycles. The Morgan fingerprint density at radius 1 is 1.07 bits per heavy atom. The van der Waals surface area contributed by atoms with Gasteiger partial charge in [-0.2, -0.15) is 0 Å². The lowest BCUT2D eigenvalue weighted by Gasteiger charge is -2.41. The fourth-order valence-corrected chi connectivity index (χ4v) is 6.23. The van der Waals surface area contributed by atoms with Gasteiger partial charge in [-0.15, -0.1) is 10.2 Å². The van der Waals surface area contributed by atoms with E-state index in [9.17, 15) is 5.11 Å². The Kier molecular flexibility index (Phi) is 4.07. The lowest BCUT2D eigenvalue weighted by Crippen LogP contribution is -2.54. The van der Waals surface area contributed by atoms with Crippen LogP contribution in [0.4, 0.5) is 0 Å². The van der Waals surface area contributed by atoms with Crippen LogP contribution < -0.4 is 5.32 Å². The Morgan fingerprint density at radius 2 is 1.86 bits per heavy atom. The topological polar surface area (TPSA) is 83.8 Å². The third kappa shape index (κ3) is 3.22. The maximum absolute atomic E-state index is 10.4. The van der Waals surface area contributed by atoms with Gasteiger partial charge < -0.3 is 10.4 Å². The Balaban J connectivity index is 1.37. The molecule has 0 radical (unpaired) electrons. The number of phenols is 1. The van der Waals surface area contributed by atoms with Crippen molar-refractivity contribution in [1.29, 1.82) is 0 Å². The van der Waals surface area contributed by atoms with Crippen LogP contribution in [0, 0.1) is 0 Å². The van der Waals surface area contributed by atoms with Crippen LogP contribution in [0.15, 0.2) is 41.8 Å². The molecule has 2 aromatic heterocycles. The van der Waals surface area contributed by atoms with Gasteiger partial charge in [0.15, 0.2) is 5.82 Å². The van der Waals surface area contributed by atoms with Gasteiger partial charge >= 0.3 is 0 Å². The minimum atomic E-state index is 0.137. The number of thioether (sulfide) groups is 1. The number of aromatic hydroxyl groups is 1. The van der Waals surface area contributed by atoms with E-state index < -0.39 is 0 Å². The van der Waals surface area contributed by atoms with Crippen molar-refractivity contribution in [3.63, 3.8) is 0 Å². The van der Waals surface area contributed by atoms with E-state index in [1.165, 1.54) is 12.8 Å². The van der Waals surface area contributed by atoms with E-state index in [1.807, 2.05) is 12.1 Å². The summed E-state index contributed by atoms with van der Waals surface area (Å²) in [7, 11) is 0. The summed E-state index contributed by atoms with van der Waals surface area (Å²) in [6, 6.07) is 5.47. The summed E-state index contributed by atoms with van der Waals surface area (Å²) in [4.78, 5) is 8.57. The highest BCUT2D eigenvalue weighted by Crippen LogP contribution is 2.46. The van der Waals surface area contributed by atoms with Crippen LogP contribution in [0.25, 0.3) is 22.2 Å². The zero-order chi connectivity index (χ0) is 19.4. The lowest BCUT2D eigenvalue weighted by molar-refractivity contribution is 0.241. The Hall–Kier alpha value is -2.25. The van der Waals surface area contributed by atoms with Gasteiger partial charge in [-0.05, 0) is 63.1 Å². The molecule has 2 atom stereocenters. The van der Waals surface area contributed by atoms with E-state index in [2.05, 4.69) is 39.3 Å². The lowest BCUT2D eigenvalue weighted by atomic mass is 9.88. The first-order chi connectivity index (χ1) is 13.4. The smallest absolute Gasteiger partial charge is 0.185 e. The average Bonchev–Trinajstić information content (AvgIpc) is 2.89. The minimum Gasteiger partial charge on any atom is -0.507 e. The van der Waals surface area contributed by atoms with Gasteiger partial charge in [0.2, 0.25) is 0 Å². The SMILES string of the molecule is CC12CCC(C)(CC(Sc3cnc(-c4cc5ccncc5cc4O)nn3)C1)N2. The first kappa shape index (κ1) is 17.8. The predicted octanol–water partition coefficient (Wildman–Crippen LogP) is 3.95. The molecule has 0 aliphatic carbocycles. The van der Waals surface area contributed by atoms with Crippen LogP contribution in [0.3, 0.4) is 0 Å². The largest absolute Gasteiger partial charge is 0.507 e. The van der Waals surface area contributed by atoms with Crippen molar-refractivity contribution in [3.05, 3.63) is 36.8 Å². The second-order valence-corrected chi connectivity index (χ2v) is 9.93. The first-order valence-electron chi connectivity index (χ1n) is 9.64. The Morgan fingerprint density at radius 3 is 2.57 bits per heavy atom. The molecule has 2 aliphatic rings. The van der Waals surface area contributed by atoms with Crippen LogP contribution in [-0.4, -0.2) is 41.6 Å².